The van der Waals surface area contributed by atoms with E-state index in [2.05, 4.69) is 26.2 Å². The molecule has 0 fully saturated rings. The van der Waals surface area contributed by atoms with Crippen molar-refractivity contribution in [2.24, 2.45) is 0 Å². The summed E-state index contributed by atoms with van der Waals surface area (Å²) in [4.78, 5) is 17.7. The van der Waals surface area contributed by atoms with E-state index in [9.17, 15) is 4.79 Å². The molecule has 1 amide bonds. The molecule has 0 spiro atoms. The molecule has 0 bridgehead atoms. The van der Waals surface area contributed by atoms with Crippen LogP contribution in [-0.2, 0) is 0 Å². The van der Waals surface area contributed by atoms with Gasteiger partial charge in [-0.3, -0.25) is 4.79 Å². The van der Waals surface area contributed by atoms with Gasteiger partial charge in [-0.2, -0.15) is 0 Å². The number of carbonyl (C=O) groups is 1. The van der Waals surface area contributed by atoms with Crippen molar-refractivity contribution in [2.75, 3.05) is 0 Å². The monoisotopic (exact) mass is 372 g/mol. The van der Waals surface area contributed by atoms with E-state index >= 15 is 0 Å². The Balaban J connectivity index is 2.17. The molecule has 1 aromatic heterocycles. The molecule has 1 atom stereocenters. The fraction of sp³-hybridized carbons (Fsp3) is 0.286. The van der Waals surface area contributed by atoms with Crippen molar-refractivity contribution in [1.82, 2.24) is 10.3 Å². The summed E-state index contributed by atoms with van der Waals surface area (Å²) >= 11 is 10.9. The van der Waals surface area contributed by atoms with Gasteiger partial charge in [0.1, 0.15) is 0 Å². The van der Waals surface area contributed by atoms with Gasteiger partial charge in [0, 0.05) is 19.9 Å². The molecule has 2 aromatic rings. The number of halogens is 2. The Morgan fingerprint density at radius 3 is 2.65 bits per heavy atom. The molecule has 0 radical (unpaired) electrons. The third-order valence-corrected chi connectivity index (χ3v) is 4.74. The van der Waals surface area contributed by atoms with E-state index in [1.165, 1.54) is 0 Å². The molecule has 1 N–H and O–H groups in total. The molecular formula is C14H14BrClN2OS. The zero-order valence-corrected chi connectivity index (χ0v) is 14.5. The van der Waals surface area contributed by atoms with Gasteiger partial charge in [-0.1, -0.05) is 27.5 Å². The number of amides is 1. The molecular weight excluding hydrogens is 360 g/mol. The quantitative estimate of drug-likeness (QED) is 0.849. The van der Waals surface area contributed by atoms with Crippen LogP contribution < -0.4 is 5.32 Å². The molecule has 0 saturated carbocycles. The van der Waals surface area contributed by atoms with E-state index in [0.717, 1.165) is 20.1 Å². The second-order valence-electron chi connectivity index (χ2n) is 4.54. The Hall–Kier alpha value is -0.910. The summed E-state index contributed by atoms with van der Waals surface area (Å²) in [5, 5.41) is 4.51. The first-order valence-corrected chi connectivity index (χ1v) is 8.06. The average Bonchev–Trinajstić information content (AvgIpc) is 2.67. The lowest BCUT2D eigenvalue weighted by Gasteiger charge is -2.13. The molecule has 1 heterocycles. The fourth-order valence-electron chi connectivity index (χ4n) is 1.98. The number of nitrogens with one attached hydrogen (secondary N) is 1. The van der Waals surface area contributed by atoms with Crippen LogP contribution in [0.25, 0.3) is 0 Å². The van der Waals surface area contributed by atoms with Gasteiger partial charge in [0.2, 0.25) is 0 Å². The molecule has 1 unspecified atom stereocenters. The standard InChI is InChI=1S/C14H14BrClN2OS/c1-7-13(20-9(3)17-7)8(2)18-14(19)10-4-11(15)6-12(16)5-10/h4-6,8H,1-3H3,(H,18,19). The van der Waals surface area contributed by atoms with Gasteiger partial charge in [0.05, 0.1) is 16.7 Å². The molecule has 20 heavy (non-hydrogen) atoms. The zero-order chi connectivity index (χ0) is 14.9. The predicted octanol–water partition coefficient (Wildman–Crippen LogP) is 4.67. The number of aromatic nitrogens is 1. The molecule has 3 nitrogen and oxygen atoms in total. The summed E-state index contributed by atoms with van der Waals surface area (Å²) in [6, 6.07) is 5.07. The summed E-state index contributed by atoms with van der Waals surface area (Å²) in [7, 11) is 0. The normalized spacial score (nSPS) is 12.2. The van der Waals surface area contributed by atoms with Crippen molar-refractivity contribution in [3.8, 4) is 0 Å². The van der Waals surface area contributed by atoms with Gasteiger partial charge >= 0.3 is 0 Å². The third-order valence-electron chi connectivity index (χ3n) is 2.81. The van der Waals surface area contributed by atoms with Gasteiger partial charge in [-0.25, -0.2) is 4.98 Å². The fourth-order valence-corrected chi connectivity index (χ4v) is 3.77. The lowest BCUT2D eigenvalue weighted by atomic mass is 10.2. The second-order valence-corrected chi connectivity index (χ2v) is 7.12. The van der Waals surface area contributed by atoms with Crippen LogP contribution in [0, 0.1) is 13.8 Å². The van der Waals surface area contributed by atoms with E-state index in [-0.39, 0.29) is 11.9 Å². The maximum absolute atomic E-state index is 12.2. The summed E-state index contributed by atoms with van der Waals surface area (Å²) in [5.74, 6) is -0.147. The number of nitrogens with zero attached hydrogens (tertiary/aromatic N) is 1. The van der Waals surface area contributed by atoms with Gasteiger partial charge in [0.15, 0.2) is 0 Å². The Morgan fingerprint density at radius 2 is 2.10 bits per heavy atom. The zero-order valence-electron chi connectivity index (χ0n) is 11.3. The van der Waals surface area contributed by atoms with Gasteiger partial charge in [0.25, 0.3) is 5.91 Å². The lowest BCUT2D eigenvalue weighted by Crippen LogP contribution is -2.26. The van der Waals surface area contributed by atoms with E-state index in [1.54, 1.807) is 29.5 Å². The van der Waals surface area contributed by atoms with Crippen LogP contribution in [0.2, 0.25) is 5.02 Å². The molecule has 2 rings (SSSR count). The van der Waals surface area contributed by atoms with E-state index in [4.69, 9.17) is 11.6 Å². The van der Waals surface area contributed by atoms with Crippen LogP contribution in [0.4, 0.5) is 0 Å². The van der Waals surface area contributed by atoms with Gasteiger partial charge in [-0.05, 0) is 39.0 Å². The molecule has 0 aliphatic carbocycles. The second kappa shape index (κ2) is 6.24. The molecule has 106 valence electrons. The first-order valence-electron chi connectivity index (χ1n) is 6.07. The number of thiazole rings is 1. The predicted molar refractivity (Wildman–Crippen MR) is 86.6 cm³/mol. The van der Waals surface area contributed by atoms with Crippen LogP contribution >= 0.6 is 38.9 Å². The number of aryl methyl sites for hydroxylation is 2. The van der Waals surface area contributed by atoms with E-state index in [1.807, 2.05) is 20.8 Å². The highest BCUT2D eigenvalue weighted by molar-refractivity contribution is 9.10. The molecule has 0 aliphatic rings. The smallest absolute Gasteiger partial charge is 0.251 e. The van der Waals surface area contributed by atoms with Crippen LogP contribution in [0.1, 0.15) is 38.9 Å². The number of hydrogen-bond acceptors (Lipinski definition) is 3. The number of hydrogen-bond donors (Lipinski definition) is 1. The molecule has 0 saturated heterocycles. The van der Waals surface area contributed by atoms with Crippen molar-refractivity contribution in [2.45, 2.75) is 26.8 Å². The van der Waals surface area contributed by atoms with Crippen molar-refractivity contribution < 1.29 is 4.79 Å². The lowest BCUT2D eigenvalue weighted by molar-refractivity contribution is 0.0940. The number of rotatable bonds is 3. The van der Waals surface area contributed by atoms with Crippen LogP contribution in [-0.4, -0.2) is 10.9 Å². The highest BCUT2D eigenvalue weighted by Crippen LogP contribution is 2.25. The Bertz CT molecular complexity index is 636. The van der Waals surface area contributed by atoms with Gasteiger partial charge in [-0.15, -0.1) is 11.3 Å². The topological polar surface area (TPSA) is 42.0 Å². The largest absolute Gasteiger partial charge is 0.345 e. The van der Waals surface area contributed by atoms with Crippen molar-refractivity contribution in [1.29, 1.82) is 0 Å². The number of benzene rings is 1. The molecule has 6 heteroatoms. The van der Waals surface area contributed by atoms with Crippen LogP contribution in [0.5, 0.6) is 0 Å². The van der Waals surface area contributed by atoms with Crippen LogP contribution in [0.3, 0.4) is 0 Å². The Labute approximate surface area is 135 Å². The molecule has 1 aromatic carbocycles. The minimum absolute atomic E-state index is 0.0774. The first kappa shape index (κ1) is 15.5. The minimum atomic E-state index is -0.147. The van der Waals surface area contributed by atoms with E-state index < -0.39 is 0 Å². The number of carbonyl (C=O) groups excluding carboxylic acids is 1. The third kappa shape index (κ3) is 3.59. The summed E-state index contributed by atoms with van der Waals surface area (Å²) in [6.45, 7) is 5.87. The van der Waals surface area contributed by atoms with Crippen molar-refractivity contribution in [3.05, 3.63) is 48.8 Å². The van der Waals surface area contributed by atoms with Crippen LogP contribution in [0.15, 0.2) is 22.7 Å². The van der Waals surface area contributed by atoms with Crippen molar-refractivity contribution in [3.63, 3.8) is 0 Å². The first-order chi connectivity index (χ1) is 9.36. The Morgan fingerprint density at radius 1 is 1.40 bits per heavy atom. The molecule has 0 aliphatic heterocycles. The summed E-state index contributed by atoms with van der Waals surface area (Å²) in [5.41, 5.74) is 1.50. The van der Waals surface area contributed by atoms with Gasteiger partial charge < -0.3 is 5.32 Å². The van der Waals surface area contributed by atoms with E-state index in [0.29, 0.717) is 10.6 Å². The highest BCUT2D eigenvalue weighted by Gasteiger charge is 2.16. The summed E-state index contributed by atoms with van der Waals surface area (Å²) < 4.78 is 0.785. The maximum atomic E-state index is 12.2. The SMILES string of the molecule is Cc1nc(C)c(C(C)NC(=O)c2cc(Cl)cc(Br)c2)s1. The summed E-state index contributed by atoms with van der Waals surface area (Å²) in [6.07, 6.45) is 0. The highest BCUT2D eigenvalue weighted by atomic mass is 79.9. The maximum Gasteiger partial charge on any atom is 0.251 e. The average molecular weight is 374 g/mol. The minimum Gasteiger partial charge on any atom is -0.345 e. The van der Waals surface area contributed by atoms with Crippen molar-refractivity contribution >= 4 is 44.8 Å². The Kier molecular flexibility index (Phi) is 4.83.